The minimum atomic E-state index is -0.912. The quantitative estimate of drug-likeness (QED) is 0.697. The molecule has 1 amide bonds. The van der Waals surface area contributed by atoms with Gasteiger partial charge in [-0.05, 0) is 30.3 Å². The number of nitrogens with one attached hydrogen (secondary N) is 1. The molecule has 0 saturated carbocycles. The van der Waals surface area contributed by atoms with Gasteiger partial charge in [0, 0.05) is 11.5 Å². The van der Waals surface area contributed by atoms with E-state index in [0.29, 0.717) is 5.39 Å². The predicted molar refractivity (Wildman–Crippen MR) is 81.0 cm³/mol. The molecule has 3 aromatic rings. The number of para-hydroxylation sites is 1. The first-order valence-electron chi connectivity index (χ1n) is 6.47. The zero-order chi connectivity index (χ0) is 16.6. The van der Waals surface area contributed by atoms with Crippen molar-refractivity contribution in [2.45, 2.75) is 0 Å². The van der Waals surface area contributed by atoms with Crippen LogP contribution in [0.25, 0.3) is 10.9 Å². The molecular formula is C16H8ClF3N2O. The van der Waals surface area contributed by atoms with E-state index in [2.05, 4.69) is 10.3 Å². The molecule has 0 bridgehead atoms. The molecule has 1 aromatic heterocycles. The molecule has 0 spiro atoms. The Bertz CT molecular complexity index is 910. The molecule has 0 unspecified atom stereocenters. The molecule has 3 nitrogen and oxygen atoms in total. The molecule has 0 aliphatic carbocycles. The summed E-state index contributed by atoms with van der Waals surface area (Å²) in [7, 11) is 0. The Morgan fingerprint density at radius 1 is 1.04 bits per heavy atom. The molecule has 1 heterocycles. The number of benzene rings is 2. The van der Waals surface area contributed by atoms with Crippen LogP contribution in [0.5, 0.6) is 0 Å². The smallest absolute Gasteiger partial charge is 0.258 e. The average molecular weight is 337 g/mol. The zero-order valence-corrected chi connectivity index (χ0v) is 12.2. The molecule has 3 rings (SSSR count). The highest BCUT2D eigenvalue weighted by Crippen LogP contribution is 2.24. The molecule has 2 aromatic carbocycles. The lowest BCUT2D eigenvalue weighted by atomic mass is 10.1. The minimum Gasteiger partial charge on any atom is -0.317 e. The Labute approximate surface area is 133 Å². The lowest BCUT2D eigenvalue weighted by Gasteiger charge is -2.09. The highest BCUT2D eigenvalue weighted by atomic mass is 35.5. The molecule has 0 atom stereocenters. The molecule has 116 valence electrons. The Kier molecular flexibility index (Phi) is 3.92. The topological polar surface area (TPSA) is 42.0 Å². The maximum atomic E-state index is 13.6. The van der Waals surface area contributed by atoms with Crippen LogP contribution in [0.3, 0.4) is 0 Å². The molecule has 23 heavy (non-hydrogen) atoms. The van der Waals surface area contributed by atoms with E-state index >= 15 is 0 Å². The fraction of sp³-hybridized carbons (Fsp3) is 0. The van der Waals surface area contributed by atoms with Gasteiger partial charge in [0.15, 0.2) is 0 Å². The second-order valence-corrected chi connectivity index (χ2v) is 5.07. The molecule has 1 N–H and O–H groups in total. The number of hydrogen-bond donors (Lipinski definition) is 1. The summed E-state index contributed by atoms with van der Waals surface area (Å²) in [6, 6.07) is 8.38. The van der Waals surface area contributed by atoms with Crippen molar-refractivity contribution >= 4 is 34.1 Å². The van der Waals surface area contributed by atoms with E-state index < -0.39 is 29.0 Å². The molecule has 0 saturated heterocycles. The number of carbonyl (C=O) groups is 1. The van der Waals surface area contributed by atoms with Crippen molar-refractivity contribution < 1.29 is 18.0 Å². The van der Waals surface area contributed by atoms with Crippen LogP contribution >= 0.6 is 11.6 Å². The van der Waals surface area contributed by atoms with Crippen LogP contribution < -0.4 is 5.32 Å². The summed E-state index contributed by atoms with van der Waals surface area (Å²) >= 11 is 5.91. The third-order valence-electron chi connectivity index (χ3n) is 3.18. The van der Waals surface area contributed by atoms with Gasteiger partial charge < -0.3 is 5.32 Å². The van der Waals surface area contributed by atoms with E-state index in [1.54, 1.807) is 0 Å². The van der Waals surface area contributed by atoms with Gasteiger partial charge in [-0.1, -0.05) is 17.7 Å². The van der Waals surface area contributed by atoms with Crippen molar-refractivity contribution in [3.63, 3.8) is 0 Å². The summed E-state index contributed by atoms with van der Waals surface area (Å²) in [5, 5.41) is 2.39. The third-order valence-corrected chi connectivity index (χ3v) is 3.47. The molecule has 0 fully saturated rings. The number of halogens is 4. The summed E-state index contributed by atoms with van der Waals surface area (Å²) in [5.74, 6) is -3.14. The molecule has 0 aliphatic heterocycles. The lowest BCUT2D eigenvalue weighted by molar-refractivity contribution is 0.102. The number of anilines is 1. The van der Waals surface area contributed by atoms with Crippen molar-refractivity contribution in [3.05, 3.63) is 70.6 Å². The standard InChI is InChI=1S/C16H8ClF3N2O/c17-15-10(6-8-4-5-9(18)7-13(8)21-15)16(23)22-14-11(19)2-1-3-12(14)20/h1-7H,(H,22,23). The average Bonchev–Trinajstić information content (AvgIpc) is 2.50. The minimum absolute atomic E-state index is 0.0755. The number of rotatable bonds is 2. The fourth-order valence-electron chi connectivity index (χ4n) is 2.07. The predicted octanol–water partition coefficient (Wildman–Crippen LogP) is 4.56. The lowest BCUT2D eigenvalue weighted by Crippen LogP contribution is -2.15. The molecule has 0 aliphatic rings. The fourth-order valence-corrected chi connectivity index (χ4v) is 2.31. The van der Waals surface area contributed by atoms with Gasteiger partial charge >= 0.3 is 0 Å². The summed E-state index contributed by atoms with van der Waals surface area (Å²) < 4.78 is 40.3. The number of carbonyl (C=O) groups excluding carboxylic acids is 1. The second kappa shape index (κ2) is 5.89. The summed E-state index contributed by atoms with van der Waals surface area (Å²) in [6.07, 6.45) is 0. The van der Waals surface area contributed by atoms with Crippen LogP contribution in [-0.2, 0) is 0 Å². The van der Waals surface area contributed by atoms with E-state index in [4.69, 9.17) is 11.6 Å². The Morgan fingerprint density at radius 2 is 1.74 bits per heavy atom. The van der Waals surface area contributed by atoms with Crippen LogP contribution in [0.4, 0.5) is 18.9 Å². The van der Waals surface area contributed by atoms with Crippen LogP contribution in [0, 0.1) is 17.5 Å². The van der Waals surface area contributed by atoms with Gasteiger partial charge in [0.2, 0.25) is 0 Å². The summed E-state index contributed by atoms with van der Waals surface area (Å²) in [4.78, 5) is 16.1. The van der Waals surface area contributed by atoms with Gasteiger partial charge in [-0.3, -0.25) is 4.79 Å². The van der Waals surface area contributed by atoms with E-state index in [1.165, 1.54) is 30.3 Å². The largest absolute Gasteiger partial charge is 0.317 e. The van der Waals surface area contributed by atoms with Gasteiger partial charge in [0.1, 0.15) is 28.3 Å². The van der Waals surface area contributed by atoms with Crippen molar-refractivity contribution in [1.29, 1.82) is 0 Å². The van der Waals surface area contributed by atoms with Crippen molar-refractivity contribution in [2.75, 3.05) is 5.32 Å². The SMILES string of the molecule is O=C(Nc1c(F)cccc1F)c1cc2ccc(F)cc2nc1Cl. The zero-order valence-electron chi connectivity index (χ0n) is 11.4. The summed E-state index contributed by atoms with van der Waals surface area (Å²) in [5.41, 5.74) is -0.384. The molecule has 0 radical (unpaired) electrons. The van der Waals surface area contributed by atoms with E-state index in [0.717, 1.165) is 12.1 Å². The maximum absolute atomic E-state index is 13.6. The molecular weight excluding hydrogens is 329 g/mol. The monoisotopic (exact) mass is 336 g/mol. The van der Waals surface area contributed by atoms with Crippen molar-refractivity contribution in [2.24, 2.45) is 0 Å². The van der Waals surface area contributed by atoms with Crippen molar-refractivity contribution in [1.82, 2.24) is 4.98 Å². The first kappa shape index (κ1) is 15.3. The van der Waals surface area contributed by atoms with E-state index in [-0.39, 0.29) is 16.2 Å². The second-order valence-electron chi connectivity index (χ2n) is 4.71. The number of fused-ring (bicyclic) bond motifs is 1. The third kappa shape index (κ3) is 2.98. The number of nitrogens with zero attached hydrogens (tertiary/aromatic N) is 1. The normalized spacial score (nSPS) is 10.8. The van der Waals surface area contributed by atoms with Gasteiger partial charge in [-0.25, -0.2) is 18.2 Å². The van der Waals surface area contributed by atoms with E-state index in [1.807, 2.05) is 0 Å². The van der Waals surface area contributed by atoms with Gasteiger partial charge in [-0.2, -0.15) is 0 Å². The van der Waals surface area contributed by atoms with Gasteiger partial charge in [0.05, 0.1) is 11.1 Å². The van der Waals surface area contributed by atoms with Gasteiger partial charge in [-0.15, -0.1) is 0 Å². The van der Waals surface area contributed by atoms with Crippen LogP contribution in [-0.4, -0.2) is 10.9 Å². The Balaban J connectivity index is 2.01. The Morgan fingerprint density at radius 3 is 2.43 bits per heavy atom. The number of pyridine rings is 1. The van der Waals surface area contributed by atoms with Crippen LogP contribution in [0.15, 0.2) is 42.5 Å². The Hall–Kier alpha value is -2.60. The number of amides is 1. The molecule has 7 heteroatoms. The van der Waals surface area contributed by atoms with Crippen LogP contribution in [0.1, 0.15) is 10.4 Å². The first-order valence-corrected chi connectivity index (χ1v) is 6.84. The number of aromatic nitrogens is 1. The maximum Gasteiger partial charge on any atom is 0.258 e. The summed E-state index contributed by atoms with van der Waals surface area (Å²) in [6.45, 7) is 0. The highest BCUT2D eigenvalue weighted by Gasteiger charge is 2.17. The van der Waals surface area contributed by atoms with Crippen LogP contribution in [0.2, 0.25) is 5.15 Å². The highest BCUT2D eigenvalue weighted by molar-refractivity contribution is 6.33. The van der Waals surface area contributed by atoms with Gasteiger partial charge in [0.25, 0.3) is 5.91 Å². The number of hydrogen-bond acceptors (Lipinski definition) is 2. The van der Waals surface area contributed by atoms with E-state index in [9.17, 15) is 18.0 Å². The van der Waals surface area contributed by atoms with Crippen molar-refractivity contribution in [3.8, 4) is 0 Å². The first-order chi connectivity index (χ1) is 11.0.